The fourth-order valence-corrected chi connectivity index (χ4v) is 3.02. The first-order valence-corrected chi connectivity index (χ1v) is 8.84. The smallest absolute Gasteiger partial charge is 0.414 e. The van der Waals surface area contributed by atoms with Crippen molar-refractivity contribution in [2.75, 3.05) is 49.3 Å². The lowest BCUT2D eigenvalue weighted by Crippen LogP contribution is -2.36. The summed E-state index contributed by atoms with van der Waals surface area (Å²) >= 11 is 0. The minimum atomic E-state index is -0.589. The van der Waals surface area contributed by atoms with E-state index in [1.807, 2.05) is 11.8 Å². The Kier molecular flexibility index (Phi) is 5.92. The van der Waals surface area contributed by atoms with Gasteiger partial charge in [0.25, 0.3) is 0 Å². The molecule has 7 nitrogen and oxygen atoms in total. The first-order valence-electron chi connectivity index (χ1n) is 8.84. The van der Waals surface area contributed by atoms with Crippen LogP contribution in [0.2, 0.25) is 0 Å². The van der Waals surface area contributed by atoms with Crippen LogP contribution in [0.15, 0.2) is 18.2 Å². The molecule has 1 amide bonds. The molecule has 0 bridgehead atoms. The topological polar surface area (TPSA) is 68.3 Å². The summed E-state index contributed by atoms with van der Waals surface area (Å²) in [5.74, 6) is -0.802. The molecule has 2 fully saturated rings. The molecule has 2 aliphatic rings. The van der Waals surface area contributed by atoms with Crippen LogP contribution in [0.5, 0.6) is 0 Å². The summed E-state index contributed by atoms with van der Waals surface area (Å²) in [4.78, 5) is 27.0. The molecule has 0 saturated carbocycles. The molecule has 1 atom stereocenters. The van der Waals surface area contributed by atoms with E-state index in [2.05, 4.69) is 0 Å². The SMILES string of the molecule is CCCOC(=O)C[C@H]1CN(c2ccc(N3CCOCC3)c(F)c2)C(=O)O1. The van der Waals surface area contributed by atoms with E-state index < -0.39 is 24.0 Å². The van der Waals surface area contributed by atoms with E-state index in [0.29, 0.717) is 44.3 Å². The fraction of sp³-hybridized carbons (Fsp3) is 0.556. The van der Waals surface area contributed by atoms with Gasteiger partial charge < -0.3 is 19.1 Å². The predicted molar refractivity (Wildman–Crippen MR) is 92.9 cm³/mol. The molecular formula is C18H23FN2O5. The van der Waals surface area contributed by atoms with Crippen molar-refractivity contribution in [3.8, 4) is 0 Å². The maximum atomic E-state index is 14.5. The number of halogens is 1. The molecule has 0 spiro atoms. The van der Waals surface area contributed by atoms with E-state index in [0.717, 1.165) is 6.42 Å². The Morgan fingerprint density at radius 1 is 1.35 bits per heavy atom. The van der Waals surface area contributed by atoms with E-state index >= 15 is 0 Å². The van der Waals surface area contributed by atoms with E-state index in [1.54, 1.807) is 12.1 Å². The summed E-state index contributed by atoms with van der Waals surface area (Å²) < 4.78 is 30.0. The van der Waals surface area contributed by atoms with Crippen LogP contribution in [0.1, 0.15) is 19.8 Å². The lowest BCUT2D eigenvalue weighted by Gasteiger charge is -2.29. The van der Waals surface area contributed by atoms with Gasteiger partial charge in [-0.25, -0.2) is 9.18 Å². The number of cyclic esters (lactones) is 1. The number of esters is 1. The van der Waals surface area contributed by atoms with Crippen LogP contribution < -0.4 is 9.80 Å². The molecule has 2 aliphatic heterocycles. The highest BCUT2D eigenvalue weighted by molar-refractivity contribution is 5.90. The molecule has 0 aliphatic carbocycles. The van der Waals surface area contributed by atoms with Gasteiger partial charge in [0.15, 0.2) is 0 Å². The van der Waals surface area contributed by atoms with Gasteiger partial charge in [-0.1, -0.05) is 6.92 Å². The Bertz CT molecular complexity index is 663. The molecule has 2 heterocycles. The van der Waals surface area contributed by atoms with Gasteiger partial charge >= 0.3 is 12.1 Å². The van der Waals surface area contributed by atoms with Crippen molar-refractivity contribution in [3.63, 3.8) is 0 Å². The van der Waals surface area contributed by atoms with Crippen molar-refractivity contribution in [3.05, 3.63) is 24.0 Å². The zero-order valence-corrected chi connectivity index (χ0v) is 14.8. The monoisotopic (exact) mass is 366 g/mol. The van der Waals surface area contributed by atoms with E-state index in [-0.39, 0.29) is 13.0 Å². The highest BCUT2D eigenvalue weighted by atomic mass is 19.1. The second-order valence-corrected chi connectivity index (χ2v) is 6.28. The molecule has 0 unspecified atom stereocenters. The molecule has 1 aromatic rings. The number of ether oxygens (including phenoxy) is 3. The van der Waals surface area contributed by atoms with Crippen LogP contribution in [0.4, 0.5) is 20.6 Å². The number of anilines is 2. The standard InChI is InChI=1S/C18H23FN2O5/c1-2-7-25-17(22)11-14-12-21(18(23)26-14)13-3-4-16(15(19)10-13)20-5-8-24-9-6-20/h3-4,10,14H,2,5-9,11-12H2,1H3/t14-/m0/s1. The Morgan fingerprint density at radius 2 is 2.12 bits per heavy atom. The summed E-state index contributed by atoms with van der Waals surface area (Å²) in [6.45, 7) is 4.83. The molecule has 8 heteroatoms. The van der Waals surface area contributed by atoms with Crippen LogP contribution >= 0.6 is 0 Å². The lowest BCUT2D eigenvalue weighted by atomic mass is 10.2. The molecule has 142 valence electrons. The van der Waals surface area contributed by atoms with Gasteiger partial charge in [0, 0.05) is 13.1 Å². The molecule has 0 N–H and O–H groups in total. The summed E-state index contributed by atoms with van der Waals surface area (Å²) in [6, 6.07) is 4.67. The average Bonchev–Trinajstić information content (AvgIpc) is 3.00. The first kappa shape index (κ1) is 18.4. The normalized spacial score (nSPS) is 20.2. The number of hydrogen-bond acceptors (Lipinski definition) is 6. The minimum Gasteiger partial charge on any atom is -0.466 e. The number of carbonyl (C=O) groups is 2. The third-order valence-electron chi connectivity index (χ3n) is 4.33. The fourth-order valence-electron chi connectivity index (χ4n) is 3.02. The second kappa shape index (κ2) is 8.35. The minimum absolute atomic E-state index is 0.00339. The van der Waals surface area contributed by atoms with Crippen LogP contribution in [0, 0.1) is 5.82 Å². The highest BCUT2D eigenvalue weighted by Gasteiger charge is 2.34. The molecule has 2 saturated heterocycles. The van der Waals surface area contributed by atoms with Crippen LogP contribution in [-0.4, -0.2) is 57.6 Å². The molecule has 0 radical (unpaired) electrons. The number of benzene rings is 1. The Balaban J connectivity index is 1.64. The third-order valence-corrected chi connectivity index (χ3v) is 4.33. The quantitative estimate of drug-likeness (QED) is 0.720. The van der Waals surface area contributed by atoms with Gasteiger partial charge in [0.05, 0.1) is 44.2 Å². The van der Waals surface area contributed by atoms with Crippen molar-refractivity contribution in [2.24, 2.45) is 0 Å². The van der Waals surface area contributed by atoms with E-state index in [4.69, 9.17) is 14.2 Å². The average molecular weight is 366 g/mol. The lowest BCUT2D eigenvalue weighted by molar-refractivity contribution is -0.145. The summed E-state index contributed by atoms with van der Waals surface area (Å²) in [6.07, 6.45) is -0.445. The Morgan fingerprint density at radius 3 is 2.81 bits per heavy atom. The molecule has 0 aromatic heterocycles. The third kappa shape index (κ3) is 4.24. The van der Waals surface area contributed by atoms with Crippen LogP contribution in [0.3, 0.4) is 0 Å². The number of hydrogen-bond donors (Lipinski definition) is 0. The van der Waals surface area contributed by atoms with Gasteiger partial charge in [-0.3, -0.25) is 9.69 Å². The van der Waals surface area contributed by atoms with Crippen molar-refractivity contribution in [1.29, 1.82) is 0 Å². The summed E-state index contributed by atoms with van der Waals surface area (Å²) in [5, 5.41) is 0. The number of rotatable bonds is 6. The van der Waals surface area contributed by atoms with Gasteiger partial charge in [-0.05, 0) is 24.6 Å². The molecule has 1 aromatic carbocycles. The molecule has 26 heavy (non-hydrogen) atoms. The largest absolute Gasteiger partial charge is 0.466 e. The van der Waals surface area contributed by atoms with Gasteiger partial charge in [-0.2, -0.15) is 0 Å². The number of carbonyl (C=O) groups excluding carboxylic acids is 2. The number of morpholine rings is 1. The summed E-state index contributed by atoms with van der Waals surface area (Å²) in [7, 11) is 0. The van der Waals surface area contributed by atoms with Gasteiger partial charge in [-0.15, -0.1) is 0 Å². The molecule has 3 rings (SSSR count). The maximum Gasteiger partial charge on any atom is 0.414 e. The number of nitrogens with zero attached hydrogens (tertiary/aromatic N) is 2. The number of amides is 1. The van der Waals surface area contributed by atoms with Crippen molar-refractivity contribution >= 4 is 23.4 Å². The van der Waals surface area contributed by atoms with Crippen LogP contribution in [-0.2, 0) is 19.0 Å². The second-order valence-electron chi connectivity index (χ2n) is 6.28. The Hall–Kier alpha value is -2.35. The first-order chi connectivity index (χ1) is 12.6. The van der Waals surface area contributed by atoms with E-state index in [9.17, 15) is 14.0 Å². The zero-order valence-electron chi connectivity index (χ0n) is 14.8. The van der Waals surface area contributed by atoms with Crippen molar-refractivity contribution in [2.45, 2.75) is 25.9 Å². The Labute approximate surface area is 151 Å². The molecular weight excluding hydrogens is 343 g/mol. The van der Waals surface area contributed by atoms with Crippen molar-refractivity contribution < 1.29 is 28.2 Å². The summed E-state index contributed by atoms with van der Waals surface area (Å²) in [5.41, 5.74) is 0.901. The van der Waals surface area contributed by atoms with Gasteiger partial charge in [0.1, 0.15) is 11.9 Å². The van der Waals surface area contributed by atoms with Gasteiger partial charge in [0.2, 0.25) is 0 Å². The maximum absolute atomic E-state index is 14.5. The van der Waals surface area contributed by atoms with E-state index in [1.165, 1.54) is 11.0 Å². The predicted octanol–water partition coefficient (Wildman–Crippen LogP) is 2.33. The zero-order chi connectivity index (χ0) is 18.5. The van der Waals surface area contributed by atoms with Crippen molar-refractivity contribution in [1.82, 2.24) is 0 Å². The van der Waals surface area contributed by atoms with Crippen LogP contribution in [0.25, 0.3) is 0 Å². The highest BCUT2D eigenvalue weighted by Crippen LogP contribution is 2.29.